The second-order valence-electron chi connectivity index (χ2n) is 5.24. The molecule has 0 unspecified atom stereocenters. The van der Waals surface area contributed by atoms with Gasteiger partial charge in [-0.25, -0.2) is 5.84 Å². The summed E-state index contributed by atoms with van der Waals surface area (Å²) in [5.41, 5.74) is 14.3. The molecule has 0 fully saturated rings. The molecule has 0 amide bonds. The minimum atomic E-state index is 0.398. The monoisotopic (exact) mass is 365 g/mol. The molecule has 0 aliphatic carbocycles. The molecule has 3 aromatic rings. The Morgan fingerprint density at radius 3 is 2.83 bits per heavy atom. The van der Waals surface area contributed by atoms with Crippen LogP contribution in [0.2, 0.25) is 10.0 Å². The first-order valence-electron chi connectivity index (χ1n) is 7.20. The SMILES string of the molecule is NCCN(N)/C=C(\N)n1cc(-c2cn[nH]c2)c2ccc(Cl)c(Cl)c21. The van der Waals surface area contributed by atoms with Gasteiger partial charge in [-0.05, 0) is 6.07 Å². The number of hydrogen-bond donors (Lipinski definition) is 4. The number of benzene rings is 1. The van der Waals surface area contributed by atoms with Gasteiger partial charge in [0.2, 0.25) is 0 Å². The highest BCUT2D eigenvalue weighted by Crippen LogP contribution is 2.38. The Morgan fingerprint density at radius 1 is 1.38 bits per heavy atom. The number of halogens is 2. The molecular formula is C15H17Cl2N7. The highest BCUT2D eigenvalue weighted by atomic mass is 35.5. The molecule has 126 valence electrons. The first-order chi connectivity index (χ1) is 11.5. The van der Waals surface area contributed by atoms with Gasteiger partial charge in [0.05, 0.1) is 28.0 Å². The average molecular weight is 366 g/mol. The lowest BCUT2D eigenvalue weighted by Gasteiger charge is -2.14. The summed E-state index contributed by atoms with van der Waals surface area (Å²) in [4.78, 5) is 0. The first-order valence-corrected chi connectivity index (χ1v) is 7.95. The van der Waals surface area contributed by atoms with E-state index in [0.29, 0.717) is 34.5 Å². The van der Waals surface area contributed by atoms with Crippen LogP contribution in [0.4, 0.5) is 0 Å². The Kier molecular flexibility index (Phi) is 4.68. The van der Waals surface area contributed by atoms with Crippen molar-refractivity contribution in [2.75, 3.05) is 13.1 Å². The molecule has 0 saturated carbocycles. The van der Waals surface area contributed by atoms with Crippen LogP contribution in [0.1, 0.15) is 0 Å². The van der Waals surface area contributed by atoms with Crippen LogP contribution < -0.4 is 17.3 Å². The Hall–Kier alpha value is -2.19. The highest BCUT2D eigenvalue weighted by Gasteiger charge is 2.17. The Labute approximate surface area is 148 Å². The predicted octanol–water partition coefficient (Wildman–Crippen LogP) is 2.19. The van der Waals surface area contributed by atoms with E-state index in [9.17, 15) is 0 Å². The van der Waals surface area contributed by atoms with Gasteiger partial charge < -0.3 is 16.5 Å². The van der Waals surface area contributed by atoms with Gasteiger partial charge in [-0.1, -0.05) is 29.3 Å². The molecule has 2 heterocycles. The fourth-order valence-electron chi connectivity index (χ4n) is 2.53. The average Bonchev–Trinajstić information content (AvgIpc) is 3.18. The molecule has 7 nitrogen and oxygen atoms in total. The van der Waals surface area contributed by atoms with E-state index in [1.807, 2.05) is 12.3 Å². The zero-order chi connectivity index (χ0) is 17.3. The fraction of sp³-hybridized carbons (Fsp3) is 0.133. The van der Waals surface area contributed by atoms with Crippen molar-refractivity contribution in [3.8, 4) is 11.1 Å². The molecule has 7 N–H and O–H groups in total. The van der Waals surface area contributed by atoms with E-state index in [4.69, 9.17) is 40.5 Å². The summed E-state index contributed by atoms with van der Waals surface area (Å²) in [6.45, 7) is 0.891. The topological polar surface area (TPSA) is 115 Å². The molecule has 0 atom stereocenters. The summed E-state index contributed by atoms with van der Waals surface area (Å²) in [6, 6.07) is 3.65. The lowest BCUT2D eigenvalue weighted by atomic mass is 10.1. The zero-order valence-electron chi connectivity index (χ0n) is 12.7. The maximum atomic E-state index is 6.42. The maximum Gasteiger partial charge on any atom is 0.125 e. The van der Waals surface area contributed by atoms with E-state index >= 15 is 0 Å². The zero-order valence-corrected chi connectivity index (χ0v) is 14.2. The molecule has 0 radical (unpaired) electrons. The van der Waals surface area contributed by atoms with Gasteiger partial charge in [-0.2, -0.15) is 5.10 Å². The summed E-state index contributed by atoms with van der Waals surface area (Å²) in [5, 5.41) is 9.99. The van der Waals surface area contributed by atoms with Gasteiger partial charge in [0.15, 0.2) is 0 Å². The van der Waals surface area contributed by atoms with E-state index in [0.717, 1.165) is 16.5 Å². The summed E-state index contributed by atoms with van der Waals surface area (Å²) in [6.07, 6.45) is 7.00. The minimum Gasteiger partial charge on any atom is -0.384 e. The van der Waals surface area contributed by atoms with Crippen LogP contribution in [0.3, 0.4) is 0 Å². The van der Waals surface area contributed by atoms with Crippen molar-refractivity contribution < 1.29 is 0 Å². The number of hydrazine groups is 1. The molecule has 0 spiro atoms. The van der Waals surface area contributed by atoms with Crippen LogP contribution in [-0.2, 0) is 0 Å². The Morgan fingerprint density at radius 2 is 2.17 bits per heavy atom. The van der Waals surface area contributed by atoms with Crippen LogP contribution in [-0.4, -0.2) is 32.9 Å². The van der Waals surface area contributed by atoms with Gasteiger partial charge in [0.1, 0.15) is 5.82 Å². The lowest BCUT2D eigenvalue weighted by Crippen LogP contribution is -2.32. The molecule has 3 rings (SSSR count). The van der Waals surface area contributed by atoms with Crippen LogP contribution in [0.25, 0.3) is 27.9 Å². The van der Waals surface area contributed by atoms with E-state index in [1.54, 1.807) is 29.2 Å². The van der Waals surface area contributed by atoms with Crippen LogP contribution in [0.15, 0.2) is 36.9 Å². The van der Waals surface area contributed by atoms with Crippen molar-refractivity contribution >= 4 is 39.9 Å². The molecule has 2 aromatic heterocycles. The minimum absolute atomic E-state index is 0.398. The van der Waals surface area contributed by atoms with Crippen molar-refractivity contribution in [3.05, 3.63) is 47.0 Å². The van der Waals surface area contributed by atoms with Crippen molar-refractivity contribution in [2.45, 2.75) is 0 Å². The van der Waals surface area contributed by atoms with E-state index in [-0.39, 0.29) is 0 Å². The van der Waals surface area contributed by atoms with Gasteiger partial charge in [-0.3, -0.25) is 9.67 Å². The lowest BCUT2D eigenvalue weighted by molar-refractivity contribution is 0.404. The van der Waals surface area contributed by atoms with E-state index in [2.05, 4.69) is 10.2 Å². The third kappa shape index (κ3) is 2.94. The predicted molar refractivity (Wildman–Crippen MR) is 97.9 cm³/mol. The number of aromatic amines is 1. The van der Waals surface area contributed by atoms with E-state index in [1.165, 1.54) is 5.01 Å². The van der Waals surface area contributed by atoms with Gasteiger partial charge in [0, 0.05) is 42.0 Å². The number of H-pyrrole nitrogens is 1. The van der Waals surface area contributed by atoms with Gasteiger partial charge in [-0.15, -0.1) is 0 Å². The Bertz CT molecular complexity index is 883. The second-order valence-corrected chi connectivity index (χ2v) is 6.02. The maximum absolute atomic E-state index is 6.42. The van der Waals surface area contributed by atoms with Crippen LogP contribution >= 0.6 is 23.2 Å². The summed E-state index contributed by atoms with van der Waals surface area (Å²) < 4.78 is 1.75. The third-order valence-electron chi connectivity index (χ3n) is 3.63. The first kappa shape index (κ1) is 16.7. The van der Waals surface area contributed by atoms with Crippen molar-refractivity contribution in [3.63, 3.8) is 0 Å². The van der Waals surface area contributed by atoms with Crippen LogP contribution in [0.5, 0.6) is 0 Å². The number of hydrogen-bond acceptors (Lipinski definition) is 5. The standard InChI is InChI=1S/C15H17Cl2N7/c16-12-2-1-10-11(9-5-21-22-6-9)7-24(15(10)14(12)17)13(19)8-23(20)4-3-18/h1-2,5-8H,3-4,18-20H2,(H,21,22)/b13-8+. The number of fused-ring (bicyclic) bond motifs is 1. The van der Waals surface area contributed by atoms with Gasteiger partial charge >= 0.3 is 0 Å². The van der Waals surface area contributed by atoms with Crippen molar-refractivity contribution in [1.29, 1.82) is 0 Å². The number of aromatic nitrogens is 3. The molecule has 9 heteroatoms. The molecular weight excluding hydrogens is 349 g/mol. The third-order valence-corrected chi connectivity index (χ3v) is 4.43. The number of nitrogens with one attached hydrogen (secondary N) is 1. The van der Waals surface area contributed by atoms with Crippen LogP contribution in [0, 0.1) is 0 Å². The number of nitrogens with two attached hydrogens (primary N) is 3. The highest BCUT2D eigenvalue weighted by molar-refractivity contribution is 6.45. The smallest absolute Gasteiger partial charge is 0.125 e. The number of rotatable bonds is 5. The second kappa shape index (κ2) is 6.74. The van der Waals surface area contributed by atoms with Gasteiger partial charge in [0.25, 0.3) is 0 Å². The summed E-state index contributed by atoms with van der Waals surface area (Å²) >= 11 is 12.6. The molecule has 0 aliphatic heterocycles. The quantitative estimate of drug-likeness (QED) is 0.408. The molecule has 0 bridgehead atoms. The molecule has 0 aliphatic rings. The molecule has 24 heavy (non-hydrogen) atoms. The summed E-state index contributed by atoms with van der Waals surface area (Å²) in [7, 11) is 0. The number of nitrogens with zero attached hydrogens (tertiary/aromatic N) is 3. The summed E-state index contributed by atoms with van der Waals surface area (Å²) in [5.74, 6) is 6.24. The largest absolute Gasteiger partial charge is 0.384 e. The van der Waals surface area contributed by atoms with Crippen molar-refractivity contribution in [1.82, 2.24) is 19.8 Å². The molecule has 1 aromatic carbocycles. The normalized spacial score (nSPS) is 12.1. The fourth-order valence-corrected chi connectivity index (χ4v) is 2.94. The Balaban J connectivity index is 2.22. The van der Waals surface area contributed by atoms with Crippen molar-refractivity contribution in [2.24, 2.45) is 17.3 Å². The van der Waals surface area contributed by atoms with E-state index < -0.39 is 0 Å². The molecule has 0 saturated heterocycles.